The van der Waals surface area contributed by atoms with Crippen molar-refractivity contribution in [1.29, 1.82) is 5.26 Å². The Morgan fingerprint density at radius 3 is 2.65 bits per heavy atom. The van der Waals surface area contributed by atoms with E-state index < -0.39 is 0 Å². The second-order valence-corrected chi connectivity index (χ2v) is 4.27. The zero-order valence-corrected chi connectivity index (χ0v) is 10.8. The van der Waals surface area contributed by atoms with Gasteiger partial charge in [0.25, 0.3) is 0 Å². The van der Waals surface area contributed by atoms with Crippen molar-refractivity contribution in [2.24, 2.45) is 0 Å². The average Bonchev–Trinajstić information content (AvgIpc) is 2.34. The van der Waals surface area contributed by atoms with E-state index >= 15 is 0 Å². The van der Waals surface area contributed by atoms with Gasteiger partial charge in [-0.15, -0.1) is 0 Å². The van der Waals surface area contributed by atoms with Crippen LogP contribution < -0.4 is 4.90 Å². The number of hydrogen-bond acceptors (Lipinski definition) is 4. The Bertz CT molecular complexity index is 381. The van der Waals surface area contributed by atoms with Crippen molar-refractivity contribution >= 4 is 5.69 Å². The van der Waals surface area contributed by atoms with Gasteiger partial charge >= 0.3 is 0 Å². The van der Waals surface area contributed by atoms with Gasteiger partial charge in [-0.3, -0.25) is 0 Å². The molecule has 0 bridgehead atoms. The SMILES string of the molecule is CCCN(CCN(C)C)c1cccnc1C#N. The molecule has 92 valence electrons. The first-order valence-corrected chi connectivity index (χ1v) is 5.93. The molecule has 0 aliphatic heterocycles. The van der Waals surface area contributed by atoms with E-state index in [-0.39, 0.29) is 0 Å². The molecule has 0 fully saturated rings. The van der Waals surface area contributed by atoms with Crippen LogP contribution in [-0.4, -0.2) is 43.6 Å². The molecule has 4 heteroatoms. The van der Waals surface area contributed by atoms with Gasteiger partial charge in [-0.05, 0) is 32.6 Å². The van der Waals surface area contributed by atoms with Crippen molar-refractivity contribution in [3.05, 3.63) is 24.0 Å². The Hall–Kier alpha value is -1.60. The standard InChI is InChI=1S/C13H20N4/c1-4-8-17(10-9-16(2)3)13-6-5-7-15-12(13)11-14/h5-7H,4,8-10H2,1-3H3. The fourth-order valence-electron chi connectivity index (χ4n) is 1.68. The smallest absolute Gasteiger partial charge is 0.163 e. The van der Waals surface area contributed by atoms with Crippen LogP contribution in [0.2, 0.25) is 0 Å². The lowest BCUT2D eigenvalue weighted by Crippen LogP contribution is -2.33. The van der Waals surface area contributed by atoms with E-state index in [9.17, 15) is 0 Å². The second-order valence-electron chi connectivity index (χ2n) is 4.27. The summed E-state index contributed by atoms with van der Waals surface area (Å²) in [6, 6.07) is 6.01. The molecule has 0 saturated carbocycles. The third-order valence-corrected chi connectivity index (χ3v) is 2.54. The predicted molar refractivity (Wildman–Crippen MR) is 70.0 cm³/mol. The Labute approximate surface area is 103 Å². The molecule has 0 atom stereocenters. The summed E-state index contributed by atoms with van der Waals surface area (Å²) in [6.07, 6.45) is 2.73. The summed E-state index contributed by atoms with van der Waals surface area (Å²) in [5, 5.41) is 9.06. The van der Waals surface area contributed by atoms with Crippen molar-refractivity contribution in [2.75, 3.05) is 38.6 Å². The molecule has 0 spiro atoms. The summed E-state index contributed by atoms with van der Waals surface area (Å²) in [7, 11) is 4.11. The van der Waals surface area contributed by atoms with Crippen molar-refractivity contribution < 1.29 is 0 Å². The highest BCUT2D eigenvalue weighted by Gasteiger charge is 2.10. The number of likely N-dealkylation sites (N-methyl/N-ethyl adjacent to an activating group) is 1. The number of hydrogen-bond donors (Lipinski definition) is 0. The first-order valence-electron chi connectivity index (χ1n) is 5.93. The van der Waals surface area contributed by atoms with E-state index in [2.05, 4.69) is 41.9 Å². The Morgan fingerprint density at radius 1 is 1.29 bits per heavy atom. The van der Waals surface area contributed by atoms with Crippen LogP contribution in [0.3, 0.4) is 0 Å². The van der Waals surface area contributed by atoms with Gasteiger partial charge in [0.1, 0.15) is 6.07 Å². The molecule has 0 aliphatic rings. The number of rotatable bonds is 6. The molecule has 1 rings (SSSR count). The second kappa shape index (κ2) is 6.87. The van der Waals surface area contributed by atoms with E-state index in [0.29, 0.717) is 5.69 Å². The van der Waals surface area contributed by atoms with E-state index in [1.807, 2.05) is 12.1 Å². The molecule has 0 saturated heterocycles. The van der Waals surface area contributed by atoms with E-state index in [0.717, 1.165) is 31.7 Å². The first kappa shape index (κ1) is 13.5. The van der Waals surface area contributed by atoms with Crippen LogP contribution in [0.25, 0.3) is 0 Å². The summed E-state index contributed by atoms with van der Waals surface area (Å²) < 4.78 is 0. The van der Waals surface area contributed by atoms with Gasteiger partial charge in [0, 0.05) is 25.8 Å². The van der Waals surface area contributed by atoms with Crippen LogP contribution in [0.4, 0.5) is 5.69 Å². The van der Waals surface area contributed by atoms with E-state index in [4.69, 9.17) is 5.26 Å². The van der Waals surface area contributed by atoms with Gasteiger partial charge < -0.3 is 9.80 Å². The number of nitriles is 1. The number of anilines is 1. The predicted octanol–water partition coefficient (Wildman–Crippen LogP) is 1.73. The molecule has 0 aromatic carbocycles. The van der Waals surface area contributed by atoms with Gasteiger partial charge in [-0.1, -0.05) is 6.92 Å². The number of aromatic nitrogens is 1. The monoisotopic (exact) mass is 232 g/mol. The van der Waals surface area contributed by atoms with Gasteiger partial charge in [0.2, 0.25) is 0 Å². The zero-order chi connectivity index (χ0) is 12.7. The van der Waals surface area contributed by atoms with Gasteiger partial charge in [-0.2, -0.15) is 5.26 Å². The maximum atomic E-state index is 9.06. The topological polar surface area (TPSA) is 43.2 Å². The summed E-state index contributed by atoms with van der Waals surface area (Å²) in [5.74, 6) is 0. The Kier molecular flexibility index (Phi) is 5.44. The van der Waals surface area contributed by atoms with Crippen LogP contribution in [0.1, 0.15) is 19.0 Å². The summed E-state index contributed by atoms with van der Waals surface area (Å²) >= 11 is 0. The van der Waals surface area contributed by atoms with Crippen LogP contribution >= 0.6 is 0 Å². The lowest BCUT2D eigenvalue weighted by Gasteiger charge is -2.26. The molecule has 0 radical (unpaired) electrons. The number of pyridine rings is 1. The molecule has 1 aromatic heterocycles. The van der Waals surface area contributed by atoms with Crippen LogP contribution in [0, 0.1) is 11.3 Å². The molecule has 0 N–H and O–H groups in total. The molecular formula is C13H20N4. The van der Waals surface area contributed by atoms with Crippen molar-refractivity contribution in [2.45, 2.75) is 13.3 Å². The summed E-state index contributed by atoms with van der Waals surface area (Å²) in [6.45, 7) is 4.99. The minimum absolute atomic E-state index is 0.514. The quantitative estimate of drug-likeness (QED) is 0.749. The van der Waals surface area contributed by atoms with Gasteiger partial charge in [-0.25, -0.2) is 4.98 Å². The Morgan fingerprint density at radius 2 is 2.06 bits per heavy atom. The van der Waals surface area contributed by atoms with Crippen LogP contribution in [0.15, 0.2) is 18.3 Å². The van der Waals surface area contributed by atoms with Crippen molar-refractivity contribution in [3.8, 4) is 6.07 Å². The van der Waals surface area contributed by atoms with E-state index in [1.54, 1.807) is 6.20 Å². The van der Waals surface area contributed by atoms with Crippen molar-refractivity contribution in [1.82, 2.24) is 9.88 Å². The average molecular weight is 232 g/mol. The van der Waals surface area contributed by atoms with E-state index in [1.165, 1.54) is 0 Å². The fraction of sp³-hybridized carbons (Fsp3) is 0.538. The first-order chi connectivity index (χ1) is 8.19. The highest BCUT2D eigenvalue weighted by atomic mass is 15.2. The molecular weight excluding hydrogens is 212 g/mol. The molecule has 17 heavy (non-hydrogen) atoms. The maximum absolute atomic E-state index is 9.06. The normalized spacial score (nSPS) is 10.3. The summed E-state index contributed by atoms with van der Waals surface area (Å²) in [4.78, 5) is 8.48. The highest BCUT2D eigenvalue weighted by molar-refractivity contribution is 5.55. The molecule has 0 unspecified atom stereocenters. The molecule has 1 heterocycles. The van der Waals surface area contributed by atoms with Gasteiger partial charge in [0.15, 0.2) is 5.69 Å². The molecule has 1 aromatic rings. The maximum Gasteiger partial charge on any atom is 0.163 e. The molecule has 4 nitrogen and oxygen atoms in total. The molecule has 0 amide bonds. The highest BCUT2D eigenvalue weighted by Crippen LogP contribution is 2.17. The third kappa shape index (κ3) is 4.04. The fourth-order valence-corrected chi connectivity index (χ4v) is 1.68. The van der Waals surface area contributed by atoms with Crippen molar-refractivity contribution in [3.63, 3.8) is 0 Å². The lowest BCUT2D eigenvalue weighted by atomic mass is 10.2. The number of nitrogens with zero attached hydrogens (tertiary/aromatic N) is 4. The van der Waals surface area contributed by atoms with Gasteiger partial charge in [0.05, 0.1) is 5.69 Å². The minimum Gasteiger partial charge on any atom is -0.368 e. The lowest BCUT2D eigenvalue weighted by molar-refractivity contribution is 0.413. The summed E-state index contributed by atoms with van der Waals surface area (Å²) in [5.41, 5.74) is 1.46. The largest absolute Gasteiger partial charge is 0.368 e. The Balaban J connectivity index is 2.85. The molecule has 0 aliphatic carbocycles. The third-order valence-electron chi connectivity index (χ3n) is 2.54. The van der Waals surface area contributed by atoms with Crippen LogP contribution in [-0.2, 0) is 0 Å². The zero-order valence-electron chi connectivity index (χ0n) is 10.8. The van der Waals surface area contributed by atoms with Crippen LogP contribution in [0.5, 0.6) is 0 Å². The minimum atomic E-state index is 0.514.